The molecule has 0 spiro atoms. The Bertz CT molecular complexity index is 1620. The van der Waals surface area contributed by atoms with E-state index in [9.17, 15) is 26.9 Å². The lowest BCUT2D eigenvalue weighted by Crippen LogP contribution is -2.16. The molecule has 0 radical (unpaired) electrons. The van der Waals surface area contributed by atoms with Crippen molar-refractivity contribution in [3.63, 3.8) is 0 Å². The second-order valence-corrected chi connectivity index (χ2v) is 9.71. The van der Waals surface area contributed by atoms with Crippen LogP contribution in [0.5, 0.6) is 0 Å². The standard InChI is InChI=1S/C23H17F3N6O2S/c1-11(31-23-17(9-27)22(28)29-10-30-23)20-19(12-5-14(25)7-15(26)6-12)21(35(2,33)34)16-8-13(24)3-4-18(16)32-20/h3-8,10-11H,1-2H3,(H3,28,29,30,31). The number of hydrogen-bond acceptors (Lipinski definition) is 8. The Kier molecular flexibility index (Phi) is 6.04. The van der Waals surface area contributed by atoms with Crippen LogP contribution in [0.4, 0.5) is 24.8 Å². The molecule has 0 saturated heterocycles. The van der Waals surface area contributed by atoms with Crippen LogP contribution >= 0.6 is 0 Å². The van der Waals surface area contributed by atoms with Gasteiger partial charge in [0.05, 0.1) is 22.1 Å². The topological polar surface area (TPSA) is 135 Å². The highest BCUT2D eigenvalue weighted by molar-refractivity contribution is 7.91. The van der Waals surface area contributed by atoms with Crippen LogP contribution in [0.2, 0.25) is 0 Å². The van der Waals surface area contributed by atoms with E-state index in [2.05, 4.69) is 20.3 Å². The van der Waals surface area contributed by atoms with Gasteiger partial charge in [-0.15, -0.1) is 0 Å². The molecule has 0 aliphatic carbocycles. The summed E-state index contributed by atoms with van der Waals surface area (Å²) in [5.41, 5.74) is 5.66. The summed E-state index contributed by atoms with van der Waals surface area (Å²) in [6, 6.07) is 7.00. The molecule has 12 heteroatoms. The molecule has 0 fully saturated rings. The van der Waals surface area contributed by atoms with Gasteiger partial charge in [-0.3, -0.25) is 0 Å². The van der Waals surface area contributed by atoms with Crippen molar-refractivity contribution in [1.82, 2.24) is 15.0 Å². The summed E-state index contributed by atoms with van der Waals surface area (Å²) in [5.74, 6) is -2.63. The minimum atomic E-state index is -4.08. The average molecular weight is 498 g/mol. The van der Waals surface area contributed by atoms with E-state index in [1.54, 1.807) is 6.92 Å². The SMILES string of the molecule is CC(Nc1ncnc(N)c1C#N)c1nc2ccc(F)cc2c(S(C)(=O)=O)c1-c1cc(F)cc(F)c1. The molecule has 1 unspecified atom stereocenters. The lowest BCUT2D eigenvalue weighted by Gasteiger charge is -2.22. The van der Waals surface area contributed by atoms with Crippen molar-refractivity contribution < 1.29 is 21.6 Å². The van der Waals surface area contributed by atoms with Crippen molar-refractivity contribution in [3.8, 4) is 17.2 Å². The van der Waals surface area contributed by atoms with Gasteiger partial charge in [0.2, 0.25) is 0 Å². The first kappa shape index (κ1) is 23.9. The molecular weight excluding hydrogens is 481 g/mol. The predicted molar refractivity (Wildman–Crippen MR) is 123 cm³/mol. The first-order valence-electron chi connectivity index (χ1n) is 10.1. The molecule has 2 aromatic heterocycles. The van der Waals surface area contributed by atoms with Crippen molar-refractivity contribution >= 4 is 32.4 Å². The van der Waals surface area contributed by atoms with Crippen molar-refractivity contribution in [1.29, 1.82) is 5.26 Å². The molecule has 2 heterocycles. The number of aromatic nitrogens is 3. The lowest BCUT2D eigenvalue weighted by atomic mass is 9.97. The molecule has 4 aromatic rings. The fraction of sp³-hybridized carbons (Fsp3) is 0.130. The molecule has 0 amide bonds. The van der Waals surface area contributed by atoms with Crippen LogP contribution in [0.25, 0.3) is 22.0 Å². The van der Waals surface area contributed by atoms with Crippen molar-refractivity contribution in [2.24, 2.45) is 0 Å². The monoisotopic (exact) mass is 498 g/mol. The molecule has 3 N–H and O–H groups in total. The third-order valence-electron chi connectivity index (χ3n) is 5.20. The quantitative estimate of drug-likeness (QED) is 0.419. The van der Waals surface area contributed by atoms with Crippen LogP contribution < -0.4 is 11.1 Å². The van der Waals surface area contributed by atoms with E-state index in [-0.39, 0.29) is 49.8 Å². The molecule has 0 aliphatic heterocycles. The van der Waals surface area contributed by atoms with Crippen molar-refractivity contribution in [3.05, 3.63) is 71.4 Å². The van der Waals surface area contributed by atoms with Gasteiger partial charge in [-0.25, -0.2) is 36.5 Å². The first-order valence-corrected chi connectivity index (χ1v) is 12.0. The van der Waals surface area contributed by atoms with E-state index in [0.717, 1.165) is 36.8 Å². The fourth-order valence-corrected chi connectivity index (χ4v) is 4.95. The Balaban J connectivity index is 2.08. The van der Waals surface area contributed by atoms with Crippen LogP contribution in [0, 0.1) is 28.8 Å². The van der Waals surface area contributed by atoms with Crippen LogP contribution in [-0.2, 0) is 9.84 Å². The number of hydrogen-bond donors (Lipinski definition) is 2. The number of sulfone groups is 1. The molecule has 0 bridgehead atoms. The molecular formula is C23H17F3N6O2S. The average Bonchev–Trinajstić information content (AvgIpc) is 2.76. The molecule has 0 saturated carbocycles. The summed E-state index contributed by atoms with van der Waals surface area (Å²) in [6.45, 7) is 1.59. The number of halogens is 3. The highest BCUT2D eigenvalue weighted by Gasteiger charge is 2.28. The molecule has 178 valence electrons. The molecule has 2 aromatic carbocycles. The van der Waals surface area contributed by atoms with E-state index in [4.69, 9.17) is 5.73 Å². The number of nitrogen functional groups attached to an aromatic ring is 1. The normalized spacial score (nSPS) is 12.3. The van der Waals surface area contributed by atoms with Gasteiger partial charge in [0.1, 0.15) is 47.0 Å². The van der Waals surface area contributed by atoms with Gasteiger partial charge in [0.25, 0.3) is 0 Å². The largest absolute Gasteiger partial charge is 0.382 e. The van der Waals surface area contributed by atoms with Crippen LogP contribution in [-0.4, -0.2) is 29.6 Å². The third-order valence-corrected chi connectivity index (χ3v) is 6.37. The summed E-state index contributed by atoms with van der Waals surface area (Å²) in [6.07, 6.45) is 2.04. The van der Waals surface area contributed by atoms with Crippen LogP contribution in [0.1, 0.15) is 24.2 Å². The summed E-state index contributed by atoms with van der Waals surface area (Å²) < 4.78 is 68.4. The summed E-state index contributed by atoms with van der Waals surface area (Å²) in [4.78, 5) is 11.9. The minimum Gasteiger partial charge on any atom is -0.382 e. The number of nitrogens with zero attached hydrogens (tertiary/aromatic N) is 4. The van der Waals surface area contributed by atoms with Crippen LogP contribution in [0.3, 0.4) is 0 Å². The zero-order valence-corrected chi connectivity index (χ0v) is 19.2. The highest BCUT2D eigenvalue weighted by atomic mass is 32.2. The number of nitriles is 1. The maximum Gasteiger partial charge on any atom is 0.176 e. The maximum absolute atomic E-state index is 14.2. The maximum atomic E-state index is 14.2. The van der Waals surface area contributed by atoms with E-state index in [0.29, 0.717) is 6.07 Å². The number of anilines is 2. The molecule has 4 rings (SSSR count). The number of rotatable bonds is 5. The van der Waals surface area contributed by atoms with Gasteiger partial charge >= 0.3 is 0 Å². The van der Waals surface area contributed by atoms with Gasteiger partial charge < -0.3 is 11.1 Å². The number of benzene rings is 2. The van der Waals surface area contributed by atoms with E-state index in [1.165, 1.54) is 6.07 Å². The summed E-state index contributed by atoms with van der Waals surface area (Å²) >= 11 is 0. The van der Waals surface area contributed by atoms with Gasteiger partial charge in [-0.2, -0.15) is 5.26 Å². The van der Waals surface area contributed by atoms with Gasteiger partial charge in [0.15, 0.2) is 9.84 Å². The molecule has 1 atom stereocenters. The zero-order chi connectivity index (χ0) is 25.5. The molecule has 35 heavy (non-hydrogen) atoms. The second-order valence-electron chi connectivity index (χ2n) is 7.75. The van der Waals surface area contributed by atoms with E-state index < -0.39 is 33.3 Å². The van der Waals surface area contributed by atoms with Crippen molar-refractivity contribution in [2.45, 2.75) is 17.9 Å². The highest BCUT2D eigenvalue weighted by Crippen LogP contribution is 2.39. The molecule has 0 aliphatic rings. The van der Waals surface area contributed by atoms with E-state index in [1.807, 2.05) is 6.07 Å². The van der Waals surface area contributed by atoms with Crippen molar-refractivity contribution in [2.75, 3.05) is 17.3 Å². The number of fused-ring (bicyclic) bond motifs is 1. The zero-order valence-electron chi connectivity index (χ0n) is 18.3. The second kappa shape index (κ2) is 8.84. The smallest absolute Gasteiger partial charge is 0.176 e. The summed E-state index contributed by atoms with van der Waals surface area (Å²) in [7, 11) is -4.08. The Hall–Kier alpha value is -4.24. The van der Waals surface area contributed by atoms with Gasteiger partial charge in [-0.1, -0.05) is 0 Å². The first-order chi connectivity index (χ1) is 16.5. The molecule has 8 nitrogen and oxygen atoms in total. The van der Waals surface area contributed by atoms with Gasteiger partial charge in [0, 0.05) is 23.3 Å². The Morgan fingerprint density at radius 3 is 2.37 bits per heavy atom. The Morgan fingerprint density at radius 2 is 1.74 bits per heavy atom. The number of pyridine rings is 1. The van der Waals surface area contributed by atoms with Crippen LogP contribution in [0.15, 0.2) is 47.6 Å². The van der Waals surface area contributed by atoms with Gasteiger partial charge in [-0.05, 0) is 42.8 Å². The predicted octanol–water partition coefficient (Wildman–Crippen LogP) is 4.14. The Labute approximate surface area is 198 Å². The Morgan fingerprint density at radius 1 is 1.06 bits per heavy atom. The minimum absolute atomic E-state index is 0.0470. The fourth-order valence-electron chi connectivity index (χ4n) is 3.79. The third kappa shape index (κ3) is 4.58. The lowest BCUT2D eigenvalue weighted by molar-refractivity contribution is 0.583. The summed E-state index contributed by atoms with van der Waals surface area (Å²) in [5, 5.41) is 12.3. The number of nitrogens with two attached hydrogens (primary N) is 1. The number of nitrogens with one attached hydrogen (secondary N) is 1. The van der Waals surface area contributed by atoms with E-state index >= 15 is 0 Å².